The Hall–Kier alpha value is -1.88. The molecule has 1 atom stereocenters. The van der Waals surface area contributed by atoms with E-state index in [0.717, 1.165) is 19.5 Å². The highest BCUT2D eigenvalue weighted by atomic mass is 32.1. The number of aryl methyl sites for hydroxylation is 2. The van der Waals surface area contributed by atoms with Crippen molar-refractivity contribution >= 4 is 17.3 Å². The lowest BCUT2D eigenvalue weighted by molar-refractivity contribution is 0.569. The Morgan fingerprint density at radius 2 is 2.10 bits per heavy atom. The standard InChI is InChI=1S/C16H22N4S/c1-13-11-18-20(12-13)10-6-9-17-16(21)19-14(2)15-7-4-3-5-8-15/h3-5,7-8,11-12,14H,6,9-10H2,1-2H3,(H2,17,19,21). The van der Waals surface area contributed by atoms with Gasteiger partial charge in [0.05, 0.1) is 12.2 Å². The van der Waals surface area contributed by atoms with E-state index >= 15 is 0 Å². The number of hydrogen-bond donors (Lipinski definition) is 2. The summed E-state index contributed by atoms with van der Waals surface area (Å²) in [5.74, 6) is 0. The van der Waals surface area contributed by atoms with E-state index < -0.39 is 0 Å². The van der Waals surface area contributed by atoms with E-state index in [1.165, 1.54) is 11.1 Å². The van der Waals surface area contributed by atoms with Gasteiger partial charge >= 0.3 is 0 Å². The van der Waals surface area contributed by atoms with Crippen LogP contribution in [-0.2, 0) is 6.54 Å². The number of nitrogens with one attached hydrogen (secondary N) is 2. The number of thiocarbonyl (C=S) groups is 1. The molecule has 0 radical (unpaired) electrons. The lowest BCUT2D eigenvalue weighted by atomic mass is 10.1. The van der Waals surface area contributed by atoms with E-state index in [9.17, 15) is 0 Å². The molecular weight excluding hydrogens is 280 g/mol. The van der Waals surface area contributed by atoms with Gasteiger partial charge in [-0.1, -0.05) is 30.3 Å². The first-order valence-electron chi connectivity index (χ1n) is 7.23. The van der Waals surface area contributed by atoms with Gasteiger partial charge in [-0.2, -0.15) is 5.10 Å². The number of nitrogens with zero attached hydrogens (tertiary/aromatic N) is 2. The fourth-order valence-electron chi connectivity index (χ4n) is 2.10. The zero-order valence-corrected chi connectivity index (χ0v) is 13.4. The van der Waals surface area contributed by atoms with Gasteiger partial charge in [-0.25, -0.2) is 0 Å². The summed E-state index contributed by atoms with van der Waals surface area (Å²) in [5.41, 5.74) is 2.42. The molecule has 5 heteroatoms. The van der Waals surface area contributed by atoms with Crippen molar-refractivity contribution in [3.05, 3.63) is 53.9 Å². The Balaban J connectivity index is 1.65. The van der Waals surface area contributed by atoms with Crippen molar-refractivity contribution in [2.24, 2.45) is 0 Å². The van der Waals surface area contributed by atoms with Gasteiger partial charge in [0.2, 0.25) is 0 Å². The Bertz CT molecular complexity index is 565. The van der Waals surface area contributed by atoms with Gasteiger partial charge in [-0.15, -0.1) is 0 Å². The molecule has 0 aliphatic carbocycles. The summed E-state index contributed by atoms with van der Waals surface area (Å²) in [6.07, 6.45) is 4.91. The maximum absolute atomic E-state index is 5.32. The van der Waals surface area contributed by atoms with Crippen LogP contribution < -0.4 is 10.6 Å². The van der Waals surface area contributed by atoms with Crippen molar-refractivity contribution in [3.63, 3.8) is 0 Å². The molecule has 0 aliphatic rings. The first kappa shape index (κ1) is 15.5. The molecule has 2 rings (SSSR count). The molecule has 0 saturated heterocycles. The topological polar surface area (TPSA) is 41.9 Å². The fourth-order valence-corrected chi connectivity index (χ4v) is 2.38. The lowest BCUT2D eigenvalue weighted by Crippen LogP contribution is -2.37. The van der Waals surface area contributed by atoms with Gasteiger partial charge in [0.15, 0.2) is 5.11 Å². The monoisotopic (exact) mass is 302 g/mol. The predicted octanol–water partition coefficient (Wildman–Crippen LogP) is 2.81. The summed E-state index contributed by atoms with van der Waals surface area (Å²) >= 11 is 5.32. The van der Waals surface area contributed by atoms with E-state index in [4.69, 9.17) is 12.2 Å². The fraction of sp³-hybridized carbons (Fsp3) is 0.375. The van der Waals surface area contributed by atoms with Gasteiger partial charge in [0.1, 0.15) is 0 Å². The van der Waals surface area contributed by atoms with Crippen LogP contribution in [-0.4, -0.2) is 21.4 Å². The molecule has 1 heterocycles. The summed E-state index contributed by atoms with van der Waals surface area (Å²) in [6.45, 7) is 5.89. The first-order valence-corrected chi connectivity index (χ1v) is 7.64. The summed E-state index contributed by atoms with van der Waals surface area (Å²) < 4.78 is 1.96. The van der Waals surface area contributed by atoms with Crippen molar-refractivity contribution in [1.29, 1.82) is 0 Å². The summed E-state index contributed by atoms with van der Waals surface area (Å²) in [5, 5.41) is 11.5. The first-order chi connectivity index (χ1) is 10.1. The zero-order chi connectivity index (χ0) is 15.1. The molecule has 0 bridgehead atoms. The van der Waals surface area contributed by atoms with Crippen molar-refractivity contribution in [1.82, 2.24) is 20.4 Å². The average Bonchev–Trinajstić information content (AvgIpc) is 2.90. The van der Waals surface area contributed by atoms with Crippen LogP contribution in [0, 0.1) is 6.92 Å². The zero-order valence-electron chi connectivity index (χ0n) is 12.5. The molecule has 2 aromatic rings. The average molecular weight is 302 g/mol. The van der Waals surface area contributed by atoms with Crippen molar-refractivity contribution in [2.45, 2.75) is 32.9 Å². The third kappa shape index (κ3) is 5.19. The van der Waals surface area contributed by atoms with Crippen LogP contribution in [0.5, 0.6) is 0 Å². The second-order valence-corrected chi connectivity index (χ2v) is 5.58. The van der Waals surface area contributed by atoms with Crippen LogP contribution in [0.3, 0.4) is 0 Å². The van der Waals surface area contributed by atoms with Gasteiger partial charge < -0.3 is 10.6 Å². The van der Waals surface area contributed by atoms with E-state index in [0.29, 0.717) is 5.11 Å². The molecule has 21 heavy (non-hydrogen) atoms. The number of rotatable bonds is 6. The van der Waals surface area contributed by atoms with Gasteiger partial charge in [0, 0.05) is 19.3 Å². The molecule has 0 saturated carbocycles. The number of aromatic nitrogens is 2. The minimum absolute atomic E-state index is 0.208. The molecule has 0 fully saturated rings. The Morgan fingerprint density at radius 3 is 2.76 bits per heavy atom. The third-order valence-electron chi connectivity index (χ3n) is 3.26. The molecule has 1 aromatic carbocycles. The second-order valence-electron chi connectivity index (χ2n) is 5.17. The maximum Gasteiger partial charge on any atom is 0.166 e. The molecule has 1 aromatic heterocycles. The van der Waals surface area contributed by atoms with Crippen molar-refractivity contribution < 1.29 is 0 Å². The van der Waals surface area contributed by atoms with Crippen molar-refractivity contribution in [2.75, 3.05) is 6.54 Å². The highest BCUT2D eigenvalue weighted by Gasteiger charge is 2.05. The molecule has 0 amide bonds. The van der Waals surface area contributed by atoms with Crippen LogP contribution in [0.1, 0.15) is 30.5 Å². The van der Waals surface area contributed by atoms with Gasteiger partial charge in [-0.3, -0.25) is 4.68 Å². The van der Waals surface area contributed by atoms with Crippen LogP contribution in [0.4, 0.5) is 0 Å². The predicted molar refractivity (Wildman–Crippen MR) is 90.2 cm³/mol. The molecule has 2 N–H and O–H groups in total. The lowest BCUT2D eigenvalue weighted by Gasteiger charge is -2.17. The quantitative estimate of drug-likeness (QED) is 0.636. The third-order valence-corrected chi connectivity index (χ3v) is 3.52. The number of hydrogen-bond acceptors (Lipinski definition) is 2. The molecule has 4 nitrogen and oxygen atoms in total. The van der Waals surface area contributed by atoms with E-state index in [1.807, 2.05) is 42.2 Å². The van der Waals surface area contributed by atoms with E-state index in [2.05, 4.69) is 34.8 Å². The second kappa shape index (κ2) is 7.78. The van der Waals surface area contributed by atoms with Crippen molar-refractivity contribution in [3.8, 4) is 0 Å². The normalized spacial score (nSPS) is 11.9. The highest BCUT2D eigenvalue weighted by molar-refractivity contribution is 7.80. The molecule has 0 spiro atoms. The minimum atomic E-state index is 0.208. The summed E-state index contributed by atoms with van der Waals surface area (Å²) in [7, 11) is 0. The van der Waals surface area contributed by atoms with E-state index in [1.54, 1.807) is 0 Å². The van der Waals surface area contributed by atoms with Crippen LogP contribution in [0.2, 0.25) is 0 Å². The van der Waals surface area contributed by atoms with Crippen LogP contribution in [0.25, 0.3) is 0 Å². The van der Waals surface area contributed by atoms with Gasteiger partial charge in [-0.05, 0) is 43.6 Å². The molecular formula is C16H22N4S. The molecule has 112 valence electrons. The smallest absolute Gasteiger partial charge is 0.166 e. The van der Waals surface area contributed by atoms with E-state index in [-0.39, 0.29) is 6.04 Å². The Morgan fingerprint density at radius 1 is 1.33 bits per heavy atom. The number of benzene rings is 1. The Kier molecular flexibility index (Phi) is 5.75. The Labute approximate surface area is 131 Å². The van der Waals surface area contributed by atoms with Crippen LogP contribution in [0.15, 0.2) is 42.7 Å². The van der Waals surface area contributed by atoms with Crippen LogP contribution >= 0.6 is 12.2 Å². The summed E-state index contributed by atoms with van der Waals surface area (Å²) in [6, 6.07) is 10.5. The molecule has 0 aliphatic heterocycles. The minimum Gasteiger partial charge on any atom is -0.363 e. The van der Waals surface area contributed by atoms with Gasteiger partial charge in [0.25, 0.3) is 0 Å². The highest BCUT2D eigenvalue weighted by Crippen LogP contribution is 2.10. The molecule has 1 unspecified atom stereocenters. The summed E-state index contributed by atoms with van der Waals surface area (Å²) in [4.78, 5) is 0. The largest absolute Gasteiger partial charge is 0.363 e. The maximum atomic E-state index is 5.32. The SMILES string of the molecule is Cc1cnn(CCCNC(=S)NC(C)c2ccccc2)c1.